The van der Waals surface area contributed by atoms with Gasteiger partial charge in [0, 0.05) is 28.6 Å². The van der Waals surface area contributed by atoms with E-state index in [9.17, 15) is 0 Å². The lowest BCUT2D eigenvalue weighted by molar-refractivity contribution is 0.408. The van der Waals surface area contributed by atoms with Crippen LogP contribution in [0.1, 0.15) is 36.8 Å². The Morgan fingerprint density at radius 2 is 1.80 bits per heavy atom. The summed E-state index contributed by atoms with van der Waals surface area (Å²) < 4.78 is 5.52. The number of aryl methyl sites for hydroxylation is 1. The second kappa shape index (κ2) is 9.84. The van der Waals surface area contributed by atoms with E-state index in [4.69, 9.17) is 20.4 Å². The molecule has 4 rings (SSSR count). The number of anilines is 2. The summed E-state index contributed by atoms with van der Waals surface area (Å²) in [6, 6.07) is 17.9. The van der Waals surface area contributed by atoms with E-state index in [-0.39, 0.29) is 5.92 Å². The Kier molecular flexibility index (Phi) is 6.98. The van der Waals surface area contributed by atoms with Crippen molar-refractivity contribution in [1.82, 2.24) is 20.2 Å². The van der Waals surface area contributed by atoms with E-state index >= 15 is 0 Å². The maximum Gasteiger partial charge on any atom is 0.153 e. The van der Waals surface area contributed by atoms with Crippen LogP contribution in [0.4, 0.5) is 11.6 Å². The summed E-state index contributed by atoms with van der Waals surface area (Å²) in [6.07, 6.45) is 0. The van der Waals surface area contributed by atoms with E-state index in [1.54, 1.807) is 7.11 Å². The van der Waals surface area contributed by atoms with Gasteiger partial charge in [-0.15, -0.1) is 0 Å². The Hall–Kier alpha value is -3.45. The minimum Gasteiger partial charge on any atom is -0.496 e. The molecule has 0 spiro atoms. The summed E-state index contributed by atoms with van der Waals surface area (Å²) in [6.45, 7) is 6.70. The number of para-hydroxylation sites is 2. The van der Waals surface area contributed by atoms with Crippen LogP contribution in [-0.4, -0.2) is 33.8 Å². The molecule has 0 bridgehead atoms. The zero-order valence-electron chi connectivity index (χ0n) is 17.8. The molecule has 2 heterocycles. The number of ether oxygens (including phenoxy) is 1. The first-order chi connectivity index (χ1) is 14.6. The highest BCUT2D eigenvalue weighted by molar-refractivity contribution is 5.90. The van der Waals surface area contributed by atoms with Gasteiger partial charge in [-0.1, -0.05) is 44.2 Å². The number of rotatable bonds is 5. The molecule has 1 unspecified atom stereocenters. The lowest BCUT2D eigenvalue weighted by Gasteiger charge is -2.16. The summed E-state index contributed by atoms with van der Waals surface area (Å²) in [7, 11) is 1.68. The average molecular weight is 405 g/mol. The van der Waals surface area contributed by atoms with E-state index in [1.165, 1.54) is 0 Å². The van der Waals surface area contributed by atoms with Gasteiger partial charge in [0.2, 0.25) is 0 Å². The highest BCUT2D eigenvalue weighted by Crippen LogP contribution is 2.32. The number of fused-ring (bicyclic) bond motifs is 1. The minimum absolute atomic E-state index is 0.0211. The van der Waals surface area contributed by atoms with Crippen LogP contribution in [0.25, 0.3) is 10.9 Å². The SMILES string of the molecule is CCN.COc1ccccc1C(C)c1nc(Nc2cc(C)[nH]n2)c2ccccc2n1. The van der Waals surface area contributed by atoms with E-state index in [1.807, 2.05) is 68.4 Å². The Morgan fingerprint density at radius 3 is 2.50 bits per heavy atom. The van der Waals surface area contributed by atoms with Gasteiger partial charge in [-0.05, 0) is 31.7 Å². The monoisotopic (exact) mass is 404 g/mol. The van der Waals surface area contributed by atoms with Crippen LogP contribution in [0.2, 0.25) is 0 Å². The quantitative estimate of drug-likeness (QED) is 0.452. The second-order valence-electron chi connectivity index (χ2n) is 6.88. The fourth-order valence-corrected chi connectivity index (χ4v) is 3.15. The number of methoxy groups -OCH3 is 1. The summed E-state index contributed by atoms with van der Waals surface area (Å²) >= 11 is 0. The molecule has 0 aliphatic heterocycles. The first-order valence-corrected chi connectivity index (χ1v) is 9.96. The van der Waals surface area contributed by atoms with Gasteiger partial charge in [0.15, 0.2) is 5.82 Å². The predicted octanol–water partition coefficient (Wildman–Crippen LogP) is 4.53. The van der Waals surface area contributed by atoms with Crippen molar-refractivity contribution < 1.29 is 4.74 Å². The van der Waals surface area contributed by atoms with Gasteiger partial charge in [-0.2, -0.15) is 5.10 Å². The largest absolute Gasteiger partial charge is 0.496 e. The summed E-state index contributed by atoms with van der Waals surface area (Å²) in [5.74, 6) is 3.01. The number of hydrogen-bond donors (Lipinski definition) is 3. The van der Waals surface area contributed by atoms with Crippen molar-refractivity contribution in [2.24, 2.45) is 5.73 Å². The van der Waals surface area contributed by atoms with Crippen molar-refractivity contribution in [2.75, 3.05) is 19.0 Å². The van der Waals surface area contributed by atoms with E-state index in [2.05, 4.69) is 22.4 Å². The van der Waals surface area contributed by atoms with Crippen molar-refractivity contribution in [2.45, 2.75) is 26.7 Å². The fraction of sp³-hybridized carbons (Fsp3) is 0.261. The Balaban J connectivity index is 0.000000806. The number of benzene rings is 2. The number of aromatic nitrogens is 4. The molecule has 2 aromatic heterocycles. The maximum absolute atomic E-state index is 5.52. The molecule has 0 fully saturated rings. The zero-order chi connectivity index (χ0) is 21.5. The first-order valence-electron chi connectivity index (χ1n) is 9.96. The van der Waals surface area contributed by atoms with Gasteiger partial charge in [0.05, 0.1) is 12.6 Å². The molecule has 0 amide bonds. The first kappa shape index (κ1) is 21.3. The predicted molar refractivity (Wildman–Crippen MR) is 121 cm³/mol. The molecule has 7 nitrogen and oxygen atoms in total. The van der Waals surface area contributed by atoms with Gasteiger partial charge in [0.1, 0.15) is 17.4 Å². The van der Waals surface area contributed by atoms with E-state index in [0.717, 1.165) is 51.9 Å². The molecule has 0 saturated heterocycles. The molecule has 4 N–H and O–H groups in total. The summed E-state index contributed by atoms with van der Waals surface area (Å²) in [5.41, 5.74) is 7.77. The third kappa shape index (κ3) is 4.75. The number of aromatic amines is 1. The van der Waals surface area contributed by atoms with Gasteiger partial charge in [-0.25, -0.2) is 9.97 Å². The van der Waals surface area contributed by atoms with Gasteiger partial charge < -0.3 is 15.8 Å². The molecule has 7 heteroatoms. The van der Waals surface area contributed by atoms with Crippen molar-refractivity contribution in [3.8, 4) is 5.75 Å². The van der Waals surface area contributed by atoms with E-state index < -0.39 is 0 Å². The number of nitrogens with two attached hydrogens (primary N) is 1. The van der Waals surface area contributed by atoms with Crippen molar-refractivity contribution in [3.05, 3.63) is 71.7 Å². The number of H-pyrrole nitrogens is 1. The average Bonchev–Trinajstić information content (AvgIpc) is 3.18. The lowest BCUT2D eigenvalue weighted by Crippen LogP contribution is -2.07. The molecule has 0 radical (unpaired) electrons. The normalized spacial score (nSPS) is 11.5. The van der Waals surface area contributed by atoms with Crippen LogP contribution in [0.3, 0.4) is 0 Å². The van der Waals surface area contributed by atoms with Crippen LogP contribution in [0.15, 0.2) is 54.6 Å². The highest BCUT2D eigenvalue weighted by Gasteiger charge is 2.18. The second-order valence-corrected chi connectivity index (χ2v) is 6.88. The smallest absolute Gasteiger partial charge is 0.153 e. The van der Waals surface area contributed by atoms with Gasteiger partial charge >= 0.3 is 0 Å². The maximum atomic E-state index is 5.52. The Bertz CT molecular complexity index is 1110. The van der Waals surface area contributed by atoms with Crippen LogP contribution in [0, 0.1) is 6.92 Å². The van der Waals surface area contributed by atoms with E-state index in [0.29, 0.717) is 0 Å². The zero-order valence-corrected chi connectivity index (χ0v) is 17.8. The van der Waals surface area contributed by atoms with Crippen molar-refractivity contribution in [3.63, 3.8) is 0 Å². The van der Waals surface area contributed by atoms with Gasteiger partial charge in [0.25, 0.3) is 0 Å². The summed E-state index contributed by atoms with van der Waals surface area (Å²) in [4.78, 5) is 9.63. The van der Waals surface area contributed by atoms with Crippen LogP contribution < -0.4 is 15.8 Å². The molecule has 0 aliphatic carbocycles. The van der Waals surface area contributed by atoms with Crippen molar-refractivity contribution >= 4 is 22.5 Å². The van der Waals surface area contributed by atoms with Gasteiger partial charge in [-0.3, -0.25) is 5.10 Å². The molecule has 2 aromatic carbocycles. The number of hydrogen-bond acceptors (Lipinski definition) is 6. The summed E-state index contributed by atoms with van der Waals surface area (Å²) in [5, 5.41) is 11.5. The third-order valence-electron chi connectivity index (χ3n) is 4.57. The van der Waals surface area contributed by atoms with Crippen LogP contribution in [0.5, 0.6) is 5.75 Å². The molecular formula is C23H28N6O. The molecule has 1 atom stereocenters. The minimum atomic E-state index is -0.0211. The van der Waals surface area contributed by atoms with Crippen molar-refractivity contribution in [1.29, 1.82) is 0 Å². The van der Waals surface area contributed by atoms with Crippen LogP contribution in [-0.2, 0) is 0 Å². The lowest BCUT2D eigenvalue weighted by atomic mass is 9.99. The number of nitrogens with zero attached hydrogens (tertiary/aromatic N) is 3. The standard InChI is InChI=1S/C21H21N5O.C2H7N/c1-13-12-19(26-25-13)23-21-16-9-4-6-10-17(16)22-20(24-21)14(2)15-8-5-7-11-18(15)27-3;1-2-3/h4-12,14H,1-3H3,(H2,22,23,24,25,26);2-3H2,1H3. The molecule has 4 aromatic rings. The Morgan fingerprint density at radius 1 is 1.10 bits per heavy atom. The Labute approximate surface area is 176 Å². The number of nitrogens with one attached hydrogen (secondary N) is 2. The molecule has 0 aliphatic rings. The molecule has 156 valence electrons. The third-order valence-corrected chi connectivity index (χ3v) is 4.57. The fourth-order valence-electron chi connectivity index (χ4n) is 3.15. The molecular weight excluding hydrogens is 376 g/mol. The molecule has 30 heavy (non-hydrogen) atoms. The topological polar surface area (TPSA) is 102 Å². The molecule has 0 saturated carbocycles. The highest BCUT2D eigenvalue weighted by atomic mass is 16.5. The van der Waals surface area contributed by atoms with Crippen LogP contribution >= 0.6 is 0 Å².